The Morgan fingerprint density at radius 2 is 1.95 bits per heavy atom. The molecule has 0 radical (unpaired) electrons. The molecular weight excluding hydrogens is 288 g/mol. The summed E-state index contributed by atoms with van der Waals surface area (Å²) in [5.41, 5.74) is 0. The maximum atomic E-state index is 12.6. The molecule has 3 rings (SSSR count). The fourth-order valence-corrected chi connectivity index (χ4v) is 4.52. The Bertz CT molecular complexity index is 611. The second-order valence-corrected chi connectivity index (χ2v) is 7.44. The Balaban J connectivity index is 1.80. The van der Waals surface area contributed by atoms with Crippen molar-refractivity contribution >= 4 is 16.0 Å². The summed E-state index contributed by atoms with van der Waals surface area (Å²) in [4.78, 5) is 5.97. The van der Waals surface area contributed by atoms with E-state index in [1.807, 2.05) is 4.90 Å². The number of nitrogens with zero attached hydrogens (tertiary/aromatic N) is 3. The van der Waals surface area contributed by atoms with E-state index >= 15 is 0 Å². The average Bonchev–Trinajstić information content (AvgIpc) is 2.91. The first-order chi connectivity index (χ1) is 10.1. The van der Waals surface area contributed by atoms with Gasteiger partial charge in [0, 0.05) is 25.0 Å². The summed E-state index contributed by atoms with van der Waals surface area (Å²) < 4.78 is 26.4. The molecule has 1 saturated carbocycles. The third kappa shape index (κ3) is 2.62. The van der Waals surface area contributed by atoms with Crippen LogP contribution >= 0.6 is 0 Å². The van der Waals surface area contributed by atoms with E-state index in [0.29, 0.717) is 19.1 Å². The van der Waals surface area contributed by atoms with Gasteiger partial charge in [-0.15, -0.1) is 0 Å². The van der Waals surface area contributed by atoms with Crippen LogP contribution in [0.15, 0.2) is 29.4 Å². The molecule has 0 bridgehead atoms. The number of hydrogen-bond acceptors (Lipinski definition) is 4. The van der Waals surface area contributed by atoms with E-state index < -0.39 is 10.0 Å². The normalized spacial score (nSPS) is 21.0. The molecule has 1 saturated heterocycles. The Labute approximate surface area is 125 Å². The van der Waals surface area contributed by atoms with Gasteiger partial charge in [0.1, 0.15) is 4.90 Å². The molecule has 2 heterocycles. The smallest absolute Gasteiger partial charge is 0.268 e. The summed E-state index contributed by atoms with van der Waals surface area (Å²) in [6.45, 7) is 0.968. The molecule has 2 aliphatic rings. The van der Waals surface area contributed by atoms with Crippen LogP contribution in [0.5, 0.6) is 0 Å². The number of hydrogen-bond donors (Lipinski definition) is 1. The lowest BCUT2D eigenvalue weighted by Gasteiger charge is -2.32. The second kappa shape index (κ2) is 5.63. The Hall–Kier alpha value is -1.63. The van der Waals surface area contributed by atoms with Crippen LogP contribution in [0.25, 0.3) is 0 Å². The summed E-state index contributed by atoms with van der Waals surface area (Å²) in [5, 5.41) is 8.26. The third-order valence-corrected chi connectivity index (χ3v) is 6.06. The van der Waals surface area contributed by atoms with Gasteiger partial charge in [-0.3, -0.25) is 10.4 Å². The van der Waals surface area contributed by atoms with Gasteiger partial charge in [-0.1, -0.05) is 19.3 Å². The van der Waals surface area contributed by atoms with Gasteiger partial charge in [0.15, 0.2) is 0 Å². The van der Waals surface area contributed by atoms with E-state index in [0.717, 1.165) is 12.8 Å². The Morgan fingerprint density at radius 1 is 1.19 bits per heavy atom. The van der Waals surface area contributed by atoms with E-state index in [9.17, 15) is 8.42 Å². The molecule has 1 aliphatic heterocycles. The highest BCUT2D eigenvalue weighted by atomic mass is 32.2. The number of pyridine rings is 1. The predicted molar refractivity (Wildman–Crippen MR) is 79.4 cm³/mol. The van der Waals surface area contributed by atoms with Crippen LogP contribution in [-0.2, 0) is 10.0 Å². The fraction of sp³-hybridized carbons (Fsp3) is 0.571. The van der Waals surface area contributed by atoms with Crippen molar-refractivity contribution in [2.45, 2.75) is 43.0 Å². The van der Waals surface area contributed by atoms with Gasteiger partial charge in [0.2, 0.25) is 5.96 Å². The van der Waals surface area contributed by atoms with Crippen LogP contribution in [0.1, 0.15) is 32.1 Å². The highest BCUT2D eigenvalue weighted by molar-refractivity contribution is 7.89. The lowest BCUT2D eigenvalue weighted by Crippen LogP contribution is -2.42. The van der Waals surface area contributed by atoms with Crippen LogP contribution in [0.2, 0.25) is 0 Å². The predicted octanol–water partition coefficient (Wildman–Crippen LogP) is 1.66. The minimum absolute atomic E-state index is 0.116. The van der Waals surface area contributed by atoms with E-state index in [-0.39, 0.29) is 10.9 Å². The first kappa shape index (κ1) is 14.3. The molecular formula is C14H20N4O2S. The number of sulfonamides is 1. The van der Waals surface area contributed by atoms with Crippen LogP contribution in [0.4, 0.5) is 0 Å². The zero-order valence-electron chi connectivity index (χ0n) is 11.9. The summed E-state index contributed by atoms with van der Waals surface area (Å²) in [5.74, 6) is 0.116. The highest BCUT2D eigenvalue weighted by Gasteiger charge is 2.38. The third-order valence-electron chi connectivity index (χ3n) is 4.29. The largest absolute Gasteiger partial charge is 0.337 e. The Kier molecular flexibility index (Phi) is 3.84. The minimum Gasteiger partial charge on any atom is -0.337 e. The molecule has 0 unspecified atom stereocenters. The van der Waals surface area contributed by atoms with Crippen LogP contribution in [0, 0.1) is 5.41 Å². The molecule has 1 aromatic rings. The molecule has 0 amide bonds. The second-order valence-electron chi connectivity index (χ2n) is 5.57. The number of nitrogens with one attached hydrogen (secondary N) is 1. The van der Waals surface area contributed by atoms with Crippen molar-refractivity contribution in [3.05, 3.63) is 24.5 Å². The van der Waals surface area contributed by atoms with Crippen molar-refractivity contribution < 1.29 is 8.42 Å². The van der Waals surface area contributed by atoms with E-state index in [1.165, 1.54) is 35.8 Å². The van der Waals surface area contributed by atoms with Gasteiger partial charge in [-0.25, -0.2) is 12.7 Å². The lowest BCUT2D eigenvalue weighted by atomic mass is 9.94. The monoisotopic (exact) mass is 308 g/mol. The zero-order valence-corrected chi connectivity index (χ0v) is 12.7. The van der Waals surface area contributed by atoms with Gasteiger partial charge in [0.05, 0.1) is 6.54 Å². The maximum Gasteiger partial charge on any atom is 0.268 e. The number of aromatic nitrogens is 1. The maximum absolute atomic E-state index is 12.6. The molecule has 21 heavy (non-hydrogen) atoms. The first-order valence-electron chi connectivity index (χ1n) is 7.38. The quantitative estimate of drug-likeness (QED) is 0.921. The number of guanidine groups is 1. The molecule has 7 heteroatoms. The topological polar surface area (TPSA) is 77.4 Å². The standard InChI is InChI=1S/C14H20N4O2S/c15-14-17(12-5-2-1-3-6-12)9-10-18(14)21(19,20)13-7-4-8-16-11-13/h4,7-8,11-12,15H,1-3,5-6,9-10H2. The molecule has 1 aromatic heterocycles. The summed E-state index contributed by atoms with van der Waals surface area (Å²) >= 11 is 0. The van der Waals surface area contributed by atoms with Gasteiger partial charge in [0.25, 0.3) is 10.0 Å². The van der Waals surface area contributed by atoms with Crippen molar-refractivity contribution in [3.63, 3.8) is 0 Å². The molecule has 1 aliphatic carbocycles. The van der Waals surface area contributed by atoms with Crippen molar-refractivity contribution in [2.24, 2.45) is 0 Å². The van der Waals surface area contributed by atoms with Crippen molar-refractivity contribution in [1.82, 2.24) is 14.2 Å². The lowest BCUT2D eigenvalue weighted by molar-refractivity contribution is 0.260. The molecule has 2 fully saturated rings. The zero-order chi connectivity index (χ0) is 14.9. The fourth-order valence-electron chi connectivity index (χ4n) is 3.16. The van der Waals surface area contributed by atoms with Gasteiger partial charge in [-0.2, -0.15) is 0 Å². The highest BCUT2D eigenvalue weighted by Crippen LogP contribution is 2.27. The van der Waals surface area contributed by atoms with Gasteiger partial charge >= 0.3 is 0 Å². The van der Waals surface area contributed by atoms with Crippen LogP contribution in [-0.4, -0.2) is 47.7 Å². The van der Waals surface area contributed by atoms with Gasteiger partial charge in [-0.05, 0) is 25.0 Å². The van der Waals surface area contributed by atoms with E-state index in [2.05, 4.69) is 4.98 Å². The SMILES string of the molecule is N=C1N(C2CCCCC2)CCN1S(=O)(=O)c1cccnc1. The van der Waals surface area contributed by atoms with Crippen molar-refractivity contribution in [2.75, 3.05) is 13.1 Å². The Morgan fingerprint density at radius 3 is 2.62 bits per heavy atom. The molecule has 0 atom stereocenters. The first-order valence-corrected chi connectivity index (χ1v) is 8.82. The summed E-state index contributed by atoms with van der Waals surface area (Å²) in [6, 6.07) is 3.45. The average molecular weight is 308 g/mol. The molecule has 0 spiro atoms. The van der Waals surface area contributed by atoms with Crippen molar-refractivity contribution in [1.29, 1.82) is 5.41 Å². The molecule has 6 nitrogen and oxygen atoms in total. The van der Waals surface area contributed by atoms with Gasteiger partial charge < -0.3 is 4.90 Å². The molecule has 0 aromatic carbocycles. The number of rotatable bonds is 3. The minimum atomic E-state index is -3.65. The molecule has 114 valence electrons. The summed E-state index contributed by atoms with van der Waals surface area (Å²) in [7, 11) is -3.65. The molecule has 1 N–H and O–H groups in total. The van der Waals surface area contributed by atoms with E-state index in [1.54, 1.807) is 12.3 Å². The summed E-state index contributed by atoms with van der Waals surface area (Å²) in [6.07, 6.45) is 8.59. The van der Waals surface area contributed by atoms with Crippen LogP contribution in [0.3, 0.4) is 0 Å². The van der Waals surface area contributed by atoms with E-state index in [4.69, 9.17) is 5.41 Å². The van der Waals surface area contributed by atoms with Crippen molar-refractivity contribution in [3.8, 4) is 0 Å². The van der Waals surface area contributed by atoms with Crippen LogP contribution < -0.4 is 0 Å².